The third kappa shape index (κ3) is 18.1. The maximum atomic E-state index is 13.3. The second-order valence-electron chi connectivity index (χ2n) is 15.6. The van der Waals surface area contributed by atoms with Crippen LogP contribution >= 0.6 is 0 Å². The predicted molar refractivity (Wildman–Crippen MR) is 220 cm³/mol. The van der Waals surface area contributed by atoms with Crippen molar-refractivity contribution in [2.24, 2.45) is 16.5 Å². The van der Waals surface area contributed by atoms with Crippen molar-refractivity contribution in [3.63, 3.8) is 0 Å². The quantitative estimate of drug-likeness (QED) is 0.0207. The van der Waals surface area contributed by atoms with Crippen LogP contribution in [0.5, 0.6) is 0 Å². The molecule has 1 amide bonds. The molecule has 2 aliphatic rings. The average molecular weight is 809 g/mol. The largest absolute Gasteiger partial charge is 0.395 e. The van der Waals surface area contributed by atoms with E-state index in [1.807, 2.05) is 13.0 Å². The van der Waals surface area contributed by atoms with Gasteiger partial charge >= 0.3 is 0 Å². The van der Waals surface area contributed by atoms with Crippen LogP contribution in [0.25, 0.3) is 0 Å². The summed E-state index contributed by atoms with van der Waals surface area (Å²) in [5.74, 6) is 5.08. The zero-order valence-electron chi connectivity index (χ0n) is 34.8. The number of allylic oxidation sites excluding steroid dienone is 6. The molecule has 12 atom stereocenters. The third-order valence-corrected chi connectivity index (χ3v) is 10.1. The van der Waals surface area contributed by atoms with Crippen molar-refractivity contribution in [3.05, 3.63) is 34.9 Å². The molecule has 1 saturated carbocycles. The summed E-state index contributed by atoms with van der Waals surface area (Å²) in [6.45, 7) is 10.7. The van der Waals surface area contributed by atoms with Gasteiger partial charge in [-0.05, 0) is 86.3 Å². The van der Waals surface area contributed by atoms with Gasteiger partial charge < -0.3 is 72.3 Å². The number of hydrogen-bond donors (Lipinski definition) is 11. The molecule has 57 heavy (non-hydrogen) atoms. The zero-order chi connectivity index (χ0) is 42.5. The van der Waals surface area contributed by atoms with Crippen LogP contribution in [0.2, 0.25) is 0 Å². The van der Waals surface area contributed by atoms with Crippen molar-refractivity contribution < 1.29 is 49.6 Å². The van der Waals surface area contributed by atoms with Gasteiger partial charge in [0.05, 0.1) is 37.9 Å². The first-order chi connectivity index (χ1) is 27.0. The molecular formula is C41H72N6O10. The van der Waals surface area contributed by atoms with Gasteiger partial charge in [-0.25, -0.2) is 0 Å². The summed E-state index contributed by atoms with van der Waals surface area (Å²) in [6, 6.07) is -3.65. The molecule has 1 heterocycles. The highest BCUT2D eigenvalue weighted by atomic mass is 16.7. The number of nitrogens with one attached hydrogen (secondary N) is 3. The summed E-state index contributed by atoms with van der Waals surface area (Å²) in [5.41, 5.74) is 15.0. The minimum Gasteiger partial charge on any atom is -0.395 e. The van der Waals surface area contributed by atoms with Crippen LogP contribution in [0.4, 0.5) is 0 Å². The Morgan fingerprint density at radius 1 is 1.05 bits per heavy atom. The van der Waals surface area contributed by atoms with Gasteiger partial charge in [-0.1, -0.05) is 34.8 Å². The number of hydrogen-bond acceptors (Lipinski definition) is 15. The summed E-state index contributed by atoms with van der Waals surface area (Å²) >= 11 is 0. The molecule has 0 aromatic heterocycles. The van der Waals surface area contributed by atoms with Gasteiger partial charge in [-0.15, -0.1) is 5.92 Å². The number of ether oxygens (including phenoxy) is 3. The average Bonchev–Trinajstić information content (AvgIpc) is 3.14. The van der Waals surface area contributed by atoms with Crippen LogP contribution in [-0.2, 0) is 19.0 Å². The maximum absolute atomic E-state index is 13.3. The van der Waals surface area contributed by atoms with Crippen LogP contribution in [0.15, 0.2) is 39.9 Å². The highest BCUT2D eigenvalue weighted by Gasteiger charge is 2.51. The first-order valence-electron chi connectivity index (χ1n) is 20.1. The maximum Gasteiger partial charge on any atom is 0.249 e. The first kappa shape index (κ1) is 50.5. The first-order valence-corrected chi connectivity index (χ1v) is 20.1. The van der Waals surface area contributed by atoms with Gasteiger partial charge in [0.1, 0.15) is 36.1 Å². The van der Waals surface area contributed by atoms with E-state index in [1.54, 1.807) is 13.3 Å². The van der Waals surface area contributed by atoms with Crippen LogP contribution < -0.4 is 27.4 Å². The van der Waals surface area contributed by atoms with Crippen LogP contribution in [0, 0.1) is 11.8 Å². The molecule has 1 saturated heterocycles. The smallest absolute Gasteiger partial charge is 0.249 e. The van der Waals surface area contributed by atoms with E-state index < -0.39 is 78.8 Å². The number of aliphatic hydroxyl groups is 6. The van der Waals surface area contributed by atoms with Gasteiger partial charge in [0.15, 0.2) is 12.6 Å². The Hall–Kier alpha value is -2.60. The van der Waals surface area contributed by atoms with Crippen molar-refractivity contribution in [1.82, 2.24) is 16.0 Å². The Kier molecular flexibility index (Phi) is 23.5. The number of aliphatic imine (C=N–C) groups is 1. The van der Waals surface area contributed by atoms with E-state index in [1.165, 1.54) is 18.1 Å². The summed E-state index contributed by atoms with van der Waals surface area (Å²) in [5, 5.41) is 72.4. The number of carbonyl (C=O) groups excluding carboxylic acids is 1. The highest BCUT2D eigenvalue weighted by molar-refractivity contribution is 5.81. The third-order valence-electron chi connectivity index (χ3n) is 10.1. The minimum atomic E-state index is -1.57. The number of amides is 1. The van der Waals surface area contributed by atoms with Crippen LogP contribution in [0.1, 0.15) is 86.0 Å². The Morgan fingerprint density at radius 2 is 1.75 bits per heavy atom. The predicted octanol–water partition coefficient (Wildman–Crippen LogP) is -0.358. The summed E-state index contributed by atoms with van der Waals surface area (Å²) < 4.78 is 17.6. The lowest BCUT2D eigenvalue weighted by molar-refractivity contribution is -0.303. The Bertz CT molecular complexity index is 1380. The summed E-state index contributed by atoms with van der Waals surface area (Å²) in [4.78, 5) is 17.6. The van der Waals surface area contributed by atoms with Crippen molar-refractivity contribution in [3.8, 4) is 11.8 Å². The highest BCUT2D eigenvalue weighted by Crippen LogP contribution is 2.31. The van der Waals surface area contributed by atoms with E-state index in [0.717, 1.165) is 31.3 Å². The van der Waals surface area contributed by atoms with Gasteiger partial charge in [0.2, 0.25) is 5.91 Å². The molecule has 2 rings (SSSR count). The number of likely N-dealkylation sites (N-methyl/N-ethyl adjacent to an activating group) is 1. The zero-order valence-corrected chi connectivity index (χ0v) is 34.8. The second kappa shape index (κ2) is 26.5. The Labute approximate surface area is 339 Å². The van der Waals surface area contributed by atoms with E-state index >= 15 is 0 Å². The van der Waals surface area contributed by atoms with E-state index in [9.17, 15) is 30.3 Å². The van der Waals surface area contributed by atoms with Gasteiger partial charge in [0.25, 0.3) is 0 Å². The molecule has 16 nitrogen and oxygen atoms in total. The molecule has 12 unspecified atom stereocenters. The molecule has 326 valence electrons. The lowest BCUT2D eigenvalue weighted by atomic mass is 9.83. The van der Waals surface area contributed by atoms with Crippen LogP contribution in [0.3, 0.4) is 0 Å². The second-order valence-corrected chi connectivity index (χ2v) is 15.6. The molecule has 0 spiro atoms. The summed E-state index contributed by atoms with van der Waals surface area (Å²) in [6.07, 6.45) is 2.85. The fourth-order valence-corrected chi connectivity index (χ4v) is 6.66. The fraction of sp³-hybridized carbons (Fsp3) is 0.756. The Balaban J connectivity index is 2.06. The minimum absolute atomic E-state index is 0.00337. The van der Waals surface area contributed by atoms with Crippen molar-refractivity contribution in [2.45, 2.75) is 159 Å². The van der Waals surface area contributed by atoms with E-state index in [4.69, 9.17) is 30.8 Å². The molecule has 1 aliphatic carbocycles. The number of carbonyl (C=O) groups is 1. The molecule has 0 bridgehead atoms. The van der Waals surface area contributed by atoms with E-state index in [-0.39, 0.29) is 39.0 Å². The topological polar surface area (TPSA) is 267 Å². The molecule has 0 radical (unpaired) electrons. The van der Waals surface area contributed by atoms with E-state index in [0.29, 0.717) is 19.5 Å². The SMILES string of the molecule is CNC1C(O)C(OC2C(NC(=O)C(O)CCN=C/C=C(\C)CC/C=C(\C)CCC=C(C)C)CC(N)C(OC(O)C(N)CCC#CCNCCO)C2O)OCC1(C)O. The van der Waals surface area contributed by atoms with Crippen molar-refractivity contribution >= 4 is 12.1 Å². The molecular weight excluding hydrogens is 736 g/mol. The van der Waals surface area contributed by atoms with Crippen molar-refractivity contribution in [1.29, 1.82) is 0 Å². The molecule has 16 heteroatoms. The number of nitrogens with two attached hydrogens (primary N) is 2. The number of nitrogens with zero attached hydrogens (tertiary/aromatic N) is 1. The molecule has 0 aromatic carbocycles. The van der Waals surface area contributed by atoms with Crippen LogP contribution in [-0.4, -0.2) is 156 Å². The van der Waals surface area contributed by atoms with Gasteiger partial charge in [0, 0.05) is 38.2 Å². The van der Waals surface area contributed by atoms with Gasteiger partial charge in [-0.3, -0.25) is 9.79 Å². The normalized spacial score (nSPS) is 30.0. The monoisotopic (exact) mass is 809 g/mol. The molecule has 2 fully saturated rings. The number of rotatable bonds is 23. The molecule has 0 aromatic rings. The van der Waals surface area contributed by atoms with E-state index in [2.05, 4.69) is 65.7 Å². The summed E-state index contributed by atoms with van der Waals surface area (Å²) in [7, 11) is 1.56. The molecule has 1 aliphatic heterocycles. The Morgan fingerprint density at radius 3 is 2.44 bits per heavy atom. The van der Waals surface area contributed by atoms with Gasteiger partial charge in [-0.2, -0.15) is 0 Å². The number of aliphatic hydroxyl groups excluding tert-OH is 5. The fourth-order valence-electron chi connectivity index (χ4n) is 6.66. The lowest BCUT2D eigenvalue weighted by Crippen LogP contribution is -2.69. The standard InChI is InChI=1S/C41H72N6O10/c1-26(2)12-10-13-27(3)14-11-15-28(4)17-20-46-21-18-32(49)38(52)47-31-24-30(43)35(56-39(53)29(42)16-8-7-9-19-45-22-23-48)33(50)36(31)57-40-34(51)37(44-6)41(5,54)25-55-40/h12,14,17,20,29-37,39-40,44-45,48-51,53-54H,8,10-11,13,15-16,18-19,21-25,42-43H2,1-6H3,(H,47,52)/b27-14+,28-17+,46-20?. The van der Waals surface area contributed by atoms with Crippen molar-refractivity contribution in [2.75, 3.05) is 39.9 Å². The lowest BCUT2D eigenvalue weighted by Gasteiger charge is -2.48. The molecule has 13 N–H and O–H groups in total.